The molecule has 4 heteroatoms. The van der Waals surface area contributed by atoms with E-state index in [9.17, 15) is 0 Å². The zero-order valence-corrected chi connectivity index (χ0v) is 23.9. The first-order valence-electron chi connectivity index (χ1n) is 14.4. The predicted octanol–water partition coefficient (Wildman–Crippen LogP) is 11.6. The molecule has 0 N–H and O–H groups in total. The fourth-order valence-corrected chi connectivity index (χ4v) is 7.38. The van der Waals surface area contributed by atoms with Gasteiger partial charge in [-0.3, -0.25) is 0 Å². The van der Waals surface area contributed by atoms with Crippen LogP contribution in [0.5, 0.6) is 0 Å². The van der Waals surface area contributed by atoms with Crippen molar-refractivity contribution in [3.63, 3.8) is 0 Å². The van der Waals surface area contributed by atoms with Crippen LogP contribution < -0.4 is 4.90 Å². The minimum Gasteiger partial charge on any atom is -0.456 e. The molecule has 0 amide bonds. The molecule has 0 saturated heterocycles. The molecule has 0 aliphatic rings. The largest absolute Gasteiger partial charge is 0.456 e. The topological polar surface area (TPSA) is 29.3 Å². The first-order chi connectivity index (χ1) is 21.3. The van der Waals surface area contributed by atoms with Gasteiger partial charge in [0.2, 0.25) is 0 Å². The molecule has 0 aliphatic carbocycles. The molecule has 3 aromatic heterocycles. The second-order valence-electron chi connectivity index (χ2n) is 10.8. The van der Waals surface area contributed by atoms with Crippen LogP contribution in [-0.2, 0) is 0 Å². The number of hydrogen-bond acceptors (Lipinski definition) is 4. The van der Waals surface area contributed by atoms with E-state index in [2.05, 4.69) is 138 Å². The molecule has 0 spiro atoms. The molecule has 9 aromatic rings. The molecule has 3 heterocycles. The summed E-state index contributed by atoms with van der Waals surface area (Å²) in [5.74, 6) is 0. The Balaban J connectivity index is 1.28. The third-order valence-electron chi connectivity index (χ3n) is 8.24. The van der Waals surface area contributed by atoms with Gasteiger partial charge < -0.3 is 9.32 Å². The Labute approximate surface area is 251 Å². The fraction of sp³-hybridized carbons (Fsp3) is 0. The van der Waals surface area contributed by atoms with E-state index in [1.165, 1.54) is 25.9 Å². The highest BCUT2D eigenvalue weighted by atomic mass is 32.1. The van der Waals surface area contributed by atoms with Gasteiger partial charge in [-0.2, -0.15) is 0 Å². The summed E-state index contributed by atoms with van der Waals surface area (Å²) in [7, 11) is 0. The van der Waals surface area contributed by atoms with E-state index in [4.69, 9.17) is 9.40 Å². The van der Waals surface area contributed by atoms with E-state index < -0.39 is 0 Å². The molecule has 0 unspecified atom stereocenters. The van der Waals surface area contributed by atoms with Crippen LogP contribution in [0.2, 0.25) is 0 Å². The minimum atomic E-state index is 0.876. The summed E-state index contributed by atoms with van der Waals surface area (Å²) in [5, 5.41) is 4.58. The zero-order valence-electron chi connectivity index (χ0n) is 23.1. The molecule has 0 bridgehead atoms. The van der Waals surface area contributed by atoms with E-state index in [0.717, 1.165) is 55.4 Å². The Hall–Kier alpha value is -5.45. The van der Waals surface area contributed by atoms with Gasteiger partial charge in [-0.05, 0) is 59.7 Å². The molecule has 0 fully saturated rings. The van der Waals surface area contributed by atoms with E-state index >= 15 is 0 Å². The van der Waals surface area contributed by atoms with Crippen LogP contribution in [0.3, 0.4) is 0 Å². The monoisotopic (exact) mass is 568 g/mol. The van der Waals surface area contributed by atoms with Crippen molar-refractivity contribution in [2.45, 2.75) is 0 Å². The summed E-state index contributed by atoms with van der Waals surface area (Å²) in [6.45, 7) is 0. The van der Waals surface area contributed by atoms with Gasteiger partial charge in [-0.15, -0.1) is 11.3 Å². The summed E-state index contributed by atoms with van der Waals surface area (Å²) in [4.78, 5) is 7.45. The van der Waals surface area contributed by atoms with Crippen LogP contribution in [0.15, 0.2) is 150 Å². The Morgan fingerprint density at radius 1 is 0.535 bits per heavy atom. The van der Waals surface area contributed by atoms with E-state index in [1.807, 2.05) is 12.1 Å². The maximum Gasteiger partial charge on any atom is 0.137 e. The molecule has 0 radical (unpaired) electrons. The van der Waals surface area contributed by atoms with E-state index in [-0.39, 0.29) is 0 Å². The normalized spacial score (nSPS) is 11.7. The number of thiophene rings is 1. The standard InChI is InChI=1S/C39H24N2OS/c1-2-9-25(10-3-1)26-17-19-28(20-18-26)41(29-21-22-31-30-12-5-7-16-35(30)42-36(31)24-29)34-15-8-13-32-38-37(43-39(32)34)23-27-11-4-6-14-33(27)40-38/h1-24H. The number of nitrogens with zero attached hydrogens (tertiary/aromatic N) is 2. The van der Waals surface area contributed by atoms with E-state index in [0.29, 0.717) is 0 Å². The average molecular weight is 569 g/mol. The van der Waals surface area contributed by atoms with Crippen molar-refractivity contribution in [2.24, 2.45) is 0 Å². The summed E-state index contributed by atoms with van der Waals surface area (Å²) in [5.41, 5.74) is 9.48. The first kappa shape index (κ1) is 24.2. The van der Waals surface area contributed by atoms with Gasteiger partial charge in [0, 0.05) is 39.0 Å². The van der Waals surface area contributed by atoms with Crippen LogP contribution in [0.4, 0.5) is 17.1 Å². The van der Waals surface area contributed by atoms with Gasteiger partial charge in [-0.25, -0.2) is 4.98 Å². The third kappa shape index (κ3) is 3.92. The zero-order chi connectivity index (χ0) is 28.3. The lowest BCUT2D eigenvalue weighted by Crippen LogP contribution is -2.10. The van der Waals surface area contributed by atoms with Crippen molar-refractivity contribution in [1.29, 1.82) is 0 Å². The summed E-state index contributed by atoms with van der Waals surface area (Å²) < 4.78 is 8.73. The quantitative estimate of drug-likeness (QED) is 0.211. The molecule has 6 aromatic carbocycles. The Morgan fingerprint density at radius 2 is 1.26 bits per heavy atom. The number of benzene rings is 6. The van der Waals surface area contributed by atoms with E-state index in [1.54, 1.807) is 11.3 Å². The maximum atomic E-state index is 6.34. The van der Waals surface area contributed by atoms with Crippen molar-refractivity contribution >= 4 is 81.5 Å². The summed E-state index contributed by atoms with van der Waals surface area (Å²) in [6, 6.07) is 51.3. The van der Waals surface area contributed by atoms with Crippen LogP contribution >= 0.6 is 11.3 Å². The van der Waals surface area contributed by atoms with Crippen LogP contribution in [0, 0.1) is 0 Å². The second kappa shape index (κ2) is 9.55. The van der Waals surface area contributed by atoms with Crippen LogP contribution in [0.1, 0.15) is 0 Å². The predicted molar refractivity (Wildman–Crippen MR) is 182 cm³/mol. The number of para-hydroxylation sites is 2. The maximum absolute atomic E-state index is 6.34. The summed E-state index contributed by atoms with van der Waals surface area (Å²) in [6.07, 6.45) is 0. The highest BCUT2D eigenvalue weighted by Crippen LogP contribution is 2.46. The molecular weight excluding hydrogens is 545 g/mol. The van der Waals surface area contributed by atoms with Gasteiger partial charge in [0.15, 0.2) is 0 Å². The Kier molecular flexibility index (Phi) is 5.37. The van der Waals surface area contributed by atoms with Gasteiger partial charge in [0.1, 0.15) is 11.2 Å². The van der Waals surface area contributed by atoms with Gasteiger partial charge in [0.25, 0.3) is 0 Å². The molecule has 9 rings (SSSR count). The van der Waals surface area contributed by atoms with Crippen molar-refractivity contribution in [2.75, 3.05) is 4.90 Å². The number of fused-ring (bicyclic) bond motifs is 7. The van der Waals surface area contributed by atoms with Crippen molar-refractivity contribution in [1.82, 2.24) is 4.98 Å². The third-order valence-corrected chi connectivity index (χ3v) is 9.41. The highest BCUT2D eigenvalue weighted by molar-refractivity contribution is 7.26. The number of hydrogen-bond donors (Lipinski definition) is 0. The smallest absolute Gasteiger partial charge is 0.137 e. The molecule has 202 valence electrons. The Bertz CT molecular complexity index is 2460. The fourth-order valence-electron chi connectivity index (χ4n) is 6.19. The molecule has 3 nitrogen and oxygen atoms in total. The number of aromatic nitrogens is 1. The minimum absolute atomic E-state index is 0.876. The lowest BCUT2D eigenvalue weighted by atomic mass is 10.0. The van der Waals surface area contributed by atoms with Gasteiger partial charge in [-0.1, -0.05) is 91.0 Å². The number of rotatable bonds is 4. The van der Waals surface area contributed by atoms with Crippen LogP contribution in [0.25, 0.3) is 64.3 Å². The number of furan rings is 1. The second-order valence-corrected chi connectivity index (χ2v) is 11.9. The highest BCUT2D eigenvalue weighted by Gasteiger charge is 2.20. The number of anilines is 3. The molecule has 0 aliphatic heterocycles. The average Bonchev–Trinajstić information content (AvgIpc) is 3.62. The van der Waals surface area contributed by atoms with Crippen molar-refractivity contribution in [3.8, 4) is 11.1 Å². The molecular formula is C39H24N2OS. The SMILES string of the molecule is c1ccc(-c2ccc(N(c3ccc4c(c3)oc3ccccc34)c3cccc4c3sc3cc5ccccc5nc34)cc2)cc1. The van der Waals surface area contributed by atoms with Crippen molar-refractivity contribution < 1.29 is 4.42 Å². The summed E-state index contributed by atoms with van der Waals surface area (Å²) >= 11 is 1.80. The van der Waals surface area contributed by atoms with Crippen molar-refractivity contribution in [3.05, 3.63) is 146 Å². The lowest BCUT2D eigenvalue weighted by Gasteiger charge is -2.26. The molecule has 0 atom stereocenters. The number of pyridine rings is 1. The molecule has 43 heavy (non-hydrogen) atoms. The first-order valence-corrected chi connectivity index (χ1v) is 15.2. The molecule has 0 saturated carbocycles. The Morgan fingerprint density at radius 3 is 2.16 bits per heavy atom. The lowest BCUT2D eigenvalue weighted by molar-refractivity contribution is 0.669. The van der Waals surface area contributed by atoms with Crippen LogP contribution in [-0.4, -0.2) is 4.98 Å². The van der Waals surface area contributed by atoms with Gasteiger partial charge in [0.05, 0.1) is 26.1 Å². The van der Waals surface area contributed by atoms with Gasteiger partial charge >= 0.3 is 0 Å².